The van der Waals surface area contributed by atoms with E-state index in [4.69, 9.17) is 0 Å². The number of benzene rings is 1. The van der Waals surface area contributed by atoms with Crippen LogP contribution in [0.25, 0.3) is 0 Å². The highest BCUT2D eigenvalue weighted by atomic mass is 32.2. The average molecular weight is 251 g/mol. The van der Waals surface area contributed by atoms with Gasteiger partial charge in [0.1, 0.15) is 16.1 Å². The molecule has 1 rings (SSSR count). The topological polar surface area (TPSA) is 35.4 Å². The van der Waals surface area contributed by atoms with Crippen molar-refractivity contribution in [1.82, 2.24) is 0 Å². The second-order valence-electron chi connectivity index (χ2n) is 5.02. The predicted molar refractivity (Wildman–Crippen MR) is 75.8 cm³/mol. The van der Waals surface area contributed by atoms with Gasteiger partial charge in [-0.2, -0.15) is 0 Å². The number of nitrogens with zero attached hydrogens (tertiary/aromatic N) is 1. The largest absolute Gasteiger partial charge is 0.591 e. The van der Waals surface area contributed by atoms with Crippen molar-refractivity contribution in [2.75, 3.05) is 0 Å². The van der Waals surface area contributed by atoms with Crippen molar-refractivity contribution in [3.05, 3.63) is 35.9 Å². The average Bonchev–Trinajstić information content (AvgIpc) is 2.28. The molecule has 0 amide bonds. The molecule has 1 unspecified atom stereocenters. The van der Waals surface area contributed by atoms with Gasteiger partial charge in [0.25, 0.3) is 0 Å². The van der Waals surface area contributed by atoms with Crippen LogP contribution in [0.1, 0.15) is 46.1 Å². The highest BCUT2D eigenvalue weighted by Crippen LogP contribution is 2.19. The molecule has 94 valence electrons. The van der Waals surface area contributed by atoms with Crippen LogP contribution in [0.4, 0.5) is 0 Å². The van der Waals surface area contributed by atoms with E-state index < -0.39 is 11.4 Å². The Kier molecular flexibility index (Phi) is 5.22. The van der Waals surface area contributed by atoms with E-state index >= 15 is 0 Å². The van der Waals surface area contributed by atoms with Gasteiger partial charge in [0.05, 0.1) is 5.71 Å². The van der Waals surface area contributed by atoms with E-state index in [-0.39, 0.29) is 4.75 Å². The van der Waals surface area contributed by atoms with E-state index in [0.29, 0.717) is 0 Å². The van der Waals surface area contributed by atoms with Gasteiger partial charge in [-0.25, -0.2) is 0 Å². The molecule has 1 aromatic rings. The maximum absolute atomic E-state index is 12.0. The van der Waals surface area contributed by atoms with E-state index in [1.54, 1.807) is 0 Å². The lowest BCUT2D eigenvalue weighted by molar-refractivity contribution is 0.561. The minimum atomic E-state index is -1.18. The van der Waals surface area contributed by atoms with Gasteiger partial charge in [-0.15, -0.1) is 0 Å². The molecule has 2 nitrogen and oxygen atoms in total. The zero-order valence-corrected chi connectivity index (χ0v) is 11.9. The van der Waals surface area contributed by atoms with Crippen molar-refractivity contribution in [3.8, 4) is 0 Å². The summed E-state index contributed by atoms with van der Waals surface area (Å²) < 4.78 is 16.1. The SMILES string of the molecule is CCC/C(=N/[S+]([O-])C(C)(C)C)c1ccccc1. The Morgan fingerprint density at radius 2 is 1.82 bits per heavy atom. The Hall–Kier alpha value is -0.800. The molecule has 0 saturated heterocycles. The number of rotatable bonds is 4. The van der Waals surface area contributed by atoms with Gasteiger partial charge in [-0.05, 0) is 27.2 Å². The molecule has 1 aromatic carbocycles. The summed E-state index contributed by atoms with van der Waals surface area (Å²) in [6.07, 6.45) is 1.88. The molecule has 0 aliphatic rings. The van der Waals surface area contributed by atoms with Crippen LogP contribution in [-0.4, -0.2) is 15.0 Å². The Labute approximate surface area is 107 Å². The molecule has 0 spiro atoms. The molecule has 0 saturated carbocycles. The molecule has 0 N–H and O–H groups in total. The summed E-state index contributed by atoms with van der Waals surface area (Å²) >= 11 is -1.18. The lowest BCUT2D eigenvalue weighted by Gasteiger charge is -2.19. The van der Waals surface area contributed by atoms with Crippen LogP contribution < -0.4 is 0 Å². The lowest BCUT2D eigenvalue weighted by Crippen LogP contribution is -2.27. The Morgan fingerprint density at radius 1 is 1.24 bits per heavy atom. The van der Waals surface area contributed by atoms with Crippen LogP contribution in [0.5, 0.6) is 0 Å². The fraction of sp³-hybridized carbons (Fsp3) is 0.500. The normalized spacial score (nSPS) is 14.8. The second-order valence-corrected chi connectivity index (χ2v) is 6.92. The monoisotopic (exact) mass is 251 g/mol. The number of hydrogen-bond acceptors (Lipinski definition) is 2. The van der Waals surface area contributed by atoms with Crippen LogP contribution in [0.15, 0.2) is 34.7 Å². The van der Waals surface area contributed by atoms with Crippen LogP contribution in [0.2, 0.25) is 0 Å². The third-order valence-electron chi connectivity index (χ3n) is 2.31. The van der Waals surface area contributed by atoms with Crippen LogP contribution in [-0.2, 0) is 11.4 Å². The molecule has 0 aliphatic heterocycles. The maximum Gasteiger partial charge on any atom is 0.144 e. The van der Waals surface area contributed by atoms with Crippen LogP contribution >= 0.6 is 0 Å². The zero-order chi connectivity index (χ0) is 12.9. The quantitative estimate of drug-likeness (QED) is 0.593. The van der Waals surface area contributed by atoms with Gasteiger partial charge in [0, 0.05) is 5.56 Å². The molecule has 0 fully saturated rings. The molecule has 3 heteroatoms. The summed E-state index contributed by atoms with van der Waals surface area (Å²) in [5.74, 6) is 0. The highest BCUT2D eigenvalue weighted by molar-refractivity contribution is 7.91. The van der Waals surface area contributed by atoms with Crippen LogP contribution in [0.3, 0.4) is 0 Å². The van der Waals surface area contributed by atoms with Gasteiger partial charge < -0.3 is 4.55 Å². The molecular formula is C14H21NOS. The van der Waals surface area contributed by atoms with E-state index in [0.717, 1.165) is 24.1 Å². The Balaban J connectivity index is 2.98. The predicted octanol–water partition coefficient (Wildman–Crippen LogP) is 3.74. The van der Waals surface area contributed by atoms with Gasteiger partial charge in [0.2, 0.25) is 0 Å². The molecule has 0 heterocycles. The van der Waals surface area contributed by atoms with Crippen molar-refractivity contribution in [2.45, 2.75) is 45.3 Å². The van der Waals surface area contributed by atoms with Crippen molar-refractivity contribution in [3.63, 3.8) is 0 Å². The first kappa shape index (κ1) is 14.3. The molecule has 0 aromatic heterocycles. The second kappa shape index (κ2) is 6.22. The zero-order valence-electron chi connectivity index (χ0n) is 11.1. The Morgan fingerprint density at radius 3 is 2.29 bits per heavy atom. The molecule has 17 heavy (non-hydrogen) atoms. The van der Waals surface area contributed by atoms with E-state index in [1.807, 2.05) is 51.1 Å². The van der Waals surface area contributed by atoms with E-state index in [9.17, 15) is 4.55 Å². The van der Waals surface area contributed by atoms with Crippen LogP contribution in [0, 0.1) is 0 Å². The van der Waals surface area contributed by atoms with Crippen molar-refractivity contribution in [2.24, 2.45) is 4.40 Å². The summed E-state index contributed by atoms with van der Waals surface area (Å²) in [4.78, 5) is 0. The van der Waals surface area contributed by atoms with Crippen molar-refractivity contribution < 1.29 is 4.55 Å². The lowest BCUT2D eigenvalue weighted by atomic mass is 10.1. The molecular weight excluding hydrogens is 230 g/mol. The van der Waals surface area contributed by atoms with Gasteiger partial charge >= 0.3 is 0 Å². The molecule has 0 bridgehead atoms. The van der Waals surface area contributed by atoms with Gasteiger partial charge in [-0.1, -0.05) is 48.1 Å². The number of hydrogen-bond donors (Lipinski definition) is 0. The fourth-order valence-electron chi connectivity index (χ4n) is 1.35. The standard InChI is InChI=1S/C14H21NOS/c1-5-9-13(12-10-7-6-8-11-12)15-17(16)14(2,3)4/h6-8,10-11H,5,9H2,1-4H3/b15-13-. The first-order chi connectivity index (χ1) is 7.95. The van der Waals surface area contributed by atoms with E-state index in [1.165, 1.54) is 0 Å². The third kappa shape index (κ3) is 4.52. The molecule has 1 atom stereocenters. The summed E-state index contributed by atoms with van der Waals surface area (Å²) in [5, 5.41) is 0. The smallest absolute Gasteiger partial charge is 0.144 e. The van der Waals surface area contributed by atoms with Crippen molar-refractivity contribution in [1.29, 1.82) is 0 Å². The van der Waals surface area contributed by atoms with Gasteiger partial charge in [0.15, 0.2) is 0 Å². The molecule has 0 aliphatic carbocycles. The summed E-state index contributed by atoms with van der Waals surface area (Å²) in [5.41, 5.74) is 2.02. The third-order valence-corrected chi connectivity index (χ3v) is 3.74. The minimum Gasteiger partial charge on any atom is -0.591 e. The first-order valence-electron chi connectivity index (χ1n) is 6.00. The highest BCUT2D eigenvalue weighted by Gasteiger charge is 2.27. The minimum absolute atomic E-state index is 0.298. The fourth-order valence-corrected chi connectivity index (χ4v) is 2.02. The van der Waals surface area contributed by atoms with E-state index in [2.05, 4.69) is 11.3 Å². The summed E-state index contributed by atoms with van der Waals surface area (Å²) in [6.45, 7) is 7.95. The summed E-state index contributed by atoms with van der Waals surface area (Å²) in [6, 6.07) is 10.00. The first-order valence-corrected chi connectivity index (χ1v) is 7.11. The maximum atomic E-state index is 12.0. The molecule has 0 radical (unpaired) electrons. The summed E-state index contributed by atoms with van der Waals surface area (Å²) in [7, 11) is 0. The van der Waals surface area contributed by atoms with Crippen molar-refractivity contribution >= 4 is 17.1 Å². The van der Waals surface area contributed by atoms with Gasteiger partial charge in [-0.3, -0.25) is 0 Å². The Bertz CT molecular complexity index is 368.